The van der Waals surface area contributed by atoms with Crippen LogP contribution in [0.3, 0.4) is 0 Å². The molecule has 0 spiro atoms. The lowest BCUT2D eigenvalue weighted by Gasteiger charge is -2.20. The van der Waals surface area contributed by atoms with Gasteiger partial charge in [-0.15, -0.1) is 0 Å². The van der Waals surface area contributed by atoms with Crippen LogP contribution in [0, 0.1) is 0 Å². The molecule has 2 aliphatic heterocycles. The highest BCUT2D eigenvalue weighted by atomic mass is 16.8. The molecule has 2 rings (SSSR count). The van der Waals surface area contributed by atoms with Crippen LogP contribution < -0.4 is 0 Å². The summed E-state index contributed by atoms with van der Waals surface area (Å²) >= 11 is 0. The summed E-state index contributed by atoms with van der Waals surface area (Å²) in [4.78, 5) is 0. The van der Waals surface area contributed by atoms with E-state index in [0.717, 1.165) is 0 Å². The van der Waals surface area contributed by atoms with Crippen LogP contribution in [0.5, 0.6) is 0 Å². The minimum Gasteiger partial charge on any atom is -0.394 e. The summed E-state index contributed by atoms with van der Waals surface area (Å²) in [6, 6.07) is 0. The van der Waals surface area contributed by atoms with Crippen molar-refractivity contribution >= 4 is 0 Å². The van der Waals surface area contributed by atoms with Gasteiger partial charge < -0.3 is 19.3 Å². The van der Waals surface area contributed by atoms with Crippen LogP contribution in [-0.4, -0.2) is 42.4 Å². The van der Waals surface area contributed by atoms with Crippen LogP contribution in [-0.2, 0) is 14.2 Å². The molecular weight excluding hydrogens is 160 g/mol. The average Bonchev–Trinajstić information content (AvgIpc) is 2.42. The molecule has 2 fully saturated rings. The van der Waals surface area contributed by atoms with Crippen LogP contribution in [0.1, 0.15) is 13.8 Å². The van der Waals surface area contributed by atoms with E-state index in [1.54, 1.807) is 0 Å². The molecule has 0 saturated carbocycles. The first-order valence-corrected chi connectivity index (χ1v) is 4.20. The van der Waals surface area contributed by atoms with Crippen molar-refractivity contribution in [2.75, 3.05) is 13.2 Å². The first kappa shape index (κ1) is 8.44. The van der Waals surface area contributed by atoms with E-state index in [1.165, 1.54) is 0 Å². The van der Waals surface area contributed by atoms with Gasteiger partial charge in [-0.2, -0.15) is 0 Å². The fourth-order valence-electron chi connectivity index (χ4n) is 1.78. The van der Waals surface area contributed by atoms with Crippen LogP contribution in [0.25, 0.3) is 0 Å². The van der Waals surface area contributed by atoms with Gasteiger partial charge in [0.1, 0.15) is 18.3 Å². The highest BCUT2D eigenvalue weighted by Gasteiger charge is 2.49. The van der Waals surface area contributed by atoms with E-state index >= 15 is 0 Å². The molecule has 2 unspecified atom stereocenters. The lowest BCUT2D eigenvalue weighted by molar-refractivity contribution is -0.177. The van der Waals surface area contributed by atoms with Gasteiger partial charge in [0.2, 0.25) is 0 Å². The molecule has 0 aromatic heterocycles. The molecule has 0 aromatic carbocycles. The highest BCUT2D eigenvalue weighted by molar-refractivity contribution is 4.91. The largest absolute Gasteiger partial charge is 0.394 e. The van der Waals surface area contributed by atoms with Crippen molar-refractivity contribution in [3.8, 4) is 0 Å². The molecule has 2 aliphatic rings. The first-order chi connectivity index (χ1) is 5.62. The number of fused-ring (bicyclic) bond motifs is 1. The number of rotatable bonds is 1. The van der Waals surface area contributed by atoms with Crippen molar-refractivity contribution in [3.63, 3.8) is 0 Å². The number of aliphatic hydroxyl groups excluding tert-OH is 1. The zero-order chi connectivity index (χ0) is 8.77. The van der Waals surface area contributed by atoms with Gasteiger partial charge in [-0.05, 0) is 13.8 Å². The summed E-state index contributed by atoms with van der Waals surface area (Å²) in [5.74, 6) is -0.521. The summed E-state index contributed by atoms with van der Waals surface area (Å²) < 4.78 is 16.4. The number of hydrogen-bond acceptors (Lipinski definition) is 4. The van der Waals surface area contributed by atoms with E-state index < -0.39 is 5.79 Å². The lowest BCUT2D eigenvalue weighted by Crippen LogP contribution is -2.31. The molecule has 12 heavy (non-hydrogen) atoms. The maximum Gasteiger partial charge on any atom is 0.164 e. The zero-order valence-electron chi connectivity index (χ0n) is 7.32. The molecule has 70 valence electrons. The van der Waals surface area contributed by atoms with Crippen molar-refractivity contribution in [3.05, 3.63) is 0 Å². The zero-order valence-corrected chi connectivity index (χ0v) is 7.32. The maximum atomic E-state index is 8.92. The fraction of sp³-hybridized carbons (Fsp3) is 1.00. The Morgan fingerprint density at radius 2 is 2.17 bits per heavy atom. The topological polar surface area (TPSA) is 47.9 Å². The van der Waals surface area contributed by atoms with E-state index in [1.807, 2.05) is 13.8 Å². The predicted molar refractivity (Wildman–Crippen MR) is 40.7 cm³/mol. The molecule has 0 bridgehead atoms. The summed E-state index contributed by atoms with van der Waals surface area (Å²) in [5, 5.41) is 8.92. The van der Waals surface area contributed by atoms with Gasteiger partial charge in [0.25, 0.3) is 0 Å². The minimum atomic E-state index is -0.521. The Hall–Kier alpha value is -0.160. The molecule has 2 saturated heterocycles. The summed E-state index contributed by atoms with van der Waals surface area (Å²) in [6.45, 7) is 4.28. The minimum absolute atomic E-state index is 0.000602. The standard InChI is InChI=1S/C8H14O4/c1-8(2)11-6-4-10-5(3-9)7(6)12-8/h5-7,9H,3-4H2,1-2H3/t5-,6?,7?/m1/s1. The molecule has 0 radical (unpaired) electrons. The van der Waals surface area contributed by atoms with Gasteiger partial charge in [0, 0.05) is 0 Å². The lowest BCUT2D eigenvalue weighted by atomic mass is 10.2. The second kappa shape index (κ2) is 2.67. The molecule has 0 aromatic rings. The van der Waals surface area contributed by atoms with Crippen molar-refractivity contribution in [1.29, 1.82) is 0 Å². The molecule has 2 heterocycles. The predicted octanol–water partition coefficient (Wildman–Crippen LogP) is -0.102. The van der Waals surface area contributed by atoms with Gasteiger partial charge in [-0.3, -0.25) is 0 Å². The monoisotopic (exact) mass is 174 g/mol. The third-order valence-corrected chi connectivity index (χ3v) is 2.24. The number of ether oxygens (including phenoxy) is 3. The van der Waals surface area contributed by atoms with Gasteiger partial charge in [-0.1, -0.05) is 0 Å². The van der Waals surface area contributed by atoms with Crippen LogP contribution in [0.15, 0.2) is 0 Å². The van der Waals surface area contributed by atoms with E-state index in [2.05, 4.69) is 0 Å². The smallest absolute Gasteiger partial charge is 0.164 e. The summed E-state index contributed by atoms with van der Waals surface area (Å²) in [6.07, 6.45) is -0.307. The fourth-order valence-corrected chi connectivity index (χ4v) is 1.78. The van der Waals surface area contributed by atoms with E-state index in [0.29, 0.717) is 6.61 Å². The molecule has 0 amide bonds. The third-order valence-electron chi connectivity index (χ3n) is 2.24. The van der Waals surface area contributed by atoms with Gasteiger partial charge >= 0.3 is 0 Å². The van der Waals surface area contributed by atoms with E-state index in [9.17, 15) is 0 Å². The molecule has 3 atom stereocenters. The Morgan fingerprint density at radius 1 is 1.42 bits per heavy atom. The van der Waals surface area contributed by atoms with E-state index in [-0.39, 0.29) is 24.9 Å². The van der Waals surface area contributed by atoms with Crippen molar-refractivity contribution in [1.82, 2.24) is 0 Å². The number of hydrogen-bond donors (Lipinski definition) is 1. The summed E-state index contributed by atoms with van der Waals surface area (Å²) in [7, 11) is 0. The highest BCUT2D eigenvalue weighted by Crippen LogP contribution is 2.34. The SMILES string of the molecule is CC1(C)OC2CO[C@H](CO)C2O1. The normalized spacial score (nSPS) is 44.8. The quantitative estimate of drug-likeness (QED) is 0.603. The summed E-state index contributed by atoms with van der Waals surface area (Å²) in [5.41, 5.74) is 0. The van der Waals surface area contributed by atoms with Gasteiger partial charge in [0.05, 0.1) is 13.2 Å². The Kier molecular flexibility index (Phi) is 1.88. The molecule has 1 N–H and O–H groups in total. The Balaban J connectivity index is 2.06. The third kappa shape index (κ3) is 1.25. The van der Waals surface area contributed by atoms with Crippen molar-refractivity contribution < 1.29 is 19.3 Å². The Labute approximate surface area is 71.4 Å². The van der Waals surface area contributed by atoms with Crippen LogP contribution in [0.4, 0.5) is 0 Å². The molecule has 4 heteroatoms. The van der Waals surface area contributed by atoms with Gasteiger partial charge in [-0.25, -0.2) is 0 Å². The first-order valence-electron chi connectivity index (χ1n) is 4.20. The van der Waals surface area contributed by atoms with Crippen LogP contribution >= 0.6 is 0 Å². The average molecular weight is 174 g/mol. The number of aliphatic hydroxyl groups is 1. The molecule has 4 nitrogen and oxygen atoms in total. The maximum absolute atomic E-state index is 8.92. The van der Waals surface area contributed by atoms with Crippen molar-refractivity contribution in [2.45, 2.75) is 37.9 Å². The molecular formula is C8H14O4. The molecule has 0 aliphatic carbocycles. The van der Waals surface area contributed by atoms with E-state index in [4.69, 9.17) is 19.3 Å². The van der Waals surface area contributed by atoms with Crippen molar-refractivity contribution in [2.24, 2.45) is 0 Å². The second-order valence-electron chi connectivity index (χ2n) is 3.69. The van der Waals surface area contributed by atoms with Crippen LogP contribution in [0.2, 0.25) is 0 Å². The second-order valence-corrected chi connectivity index (χ2v) is 3.69. The van der Waals surface area contributed by atoms with Gasteiger partial charge in [0.15, 0.2) is 5.79 Å². The Morgan fingerprint density at radius 3 is 2.83 bits per heavy atom. The Bertz CT molecular complexity index is 180.